The van der Waals surface area contributed by atoms with E-state index in [9.17, 15) is 0 Å². The Labute approximate surface area is 106 Å². The third-order valence-corrected chi connectivity index (χ3v) is 2.75. The van der Waals surface area contributed by atoms with Gasteiger partial charge in [0, 0.05) is 24.2 Å². The van der Waals surface area contributed by atoms with Crippen molar-refractivity contribution < 1.29 is 9.47 Å². The van der Waals surface area contributed by atoms with Crippen LogP contribution in [0, 0.1) is 0 Å². The second-order valence-electron chi connectivity index (χ2n) is 4.05. The van der Waals surface area contributed by atoms with Gasteiger partial charge in [0.15, 0.2) is 0 Å². The molecule has 2 aromatic rings. The number of benzene rings is 1. The summed E-state index contributed by atoms with van der Waals surface area (Å²) in [7, 11) is 3.25. The Morgan fingerprint density at radius 2 is 1.78 bits per heavy atom. The first-order valence-electron chi connectivity index (χ1n) is 5.67. The van der Waals surface area contributed by atoms with Crippen LogP contribution >= 0.6 is 0 Å². The first kappa shape index (κ1) is 12.4. The summed E-state index contributed by atoms with van der Waals surface area (Å²) in [5.74, 6) is 1.46. The molecule has 0 aliphatic carbocycles. The summed E-state index contributed by atoms with van der Waals surface area (Å²) in [6.07, 6.45) is 3.49. The highest BCUT2D eigenvalue weighted by atomic mass is 16.5. The average Bonchev–Trinajstić information content (AvgIpc) is 2.87. The van der Waals surface area contributed by atoms with Gasteiger partial charge in [-0.05, 0) is 6.92 Å². The molecule has 0 bridgehead atoms. The summed E-state index contributed by atoms with van der Waals surface area (Å²) in [5, 5.41) is 0. The van der Waals surface area contributed by atoms with Crippen LogP contribution in [0.15, 0.2) is 30.7 Å². The van der Waals surface area contributed by atoms with Gasteiger partial charge >= 0.3 is 0 Å². The molecule has 0 aliphatic rings. The minimum absolute atomic E-state index is 0.0929. The lowest BCUT2D eigenvalue weighted by Crippen LogP contribution is -2.10. The predicted molar refractivity (Wildman–Crippen MR) is 69.3 cm³/mol. The quantitative estimate of drug-likeness (QED) is 0.896. The second kappa shape index (κ2) is 5.10. The summed E-state index contributed by atoms with van der Waals surface area (Å²) in [4.78, 5) is 4.13. The number of ether oxygens (including phenoxy) is 2. The SMILES string of the molecule is COc1cc(OC)cc(-n2cncc2[C@@H](C)N)c1. The van der Waals surface area contributed by atoms with Crippen molar-refractivity contribution in [2.45, 2.75) is 13.0 Å². The van der Waals surface area contributed by atoms with E-state index >= 15 is 0 Å². The van der Waals surface area contributed by atoms with Crippen LogP contribution in [0.5, 0.6) is 11.5 Å². The molecule has 18 heavy (non-hydrogen) atoms. The minimum atomic E-state index is -0.0929. The highest BCUT2D eigenvalue weighted by Crippen LogP contribution is 2.26. The number of hydrogen-bond acceptors (Lipinski definition) is 4. The Balaban J connectivity index is 2.52. The Morgan fingerprint density at radius 3 is 2.28 bits per heavy atom. The van der Waals surface area contributed by atoms with E-state index in [1.165, 1.54) is 0 Å². The van der Waals surface area contributed by atoms with Gasteiger partial charge in [-0.2, -0.15) is 0 Å². The van der Waals surface area contributed by atoms with Crippen LogP contribution in [0.3, 0.4) is 0 Å². The van der Waals surface area contributed by atoms with E-state index in [1.54, 1.807) is 26.7 Å². The highest BCUT2D eigenvalue weighted by Gasteiger charge is 2.10. The Bertz CT molecular complexity index is 513. The van der Waals surface area contributed by atoms with E-state index in [-0.39, 0.29) is 6.04 Å². The number of nitrogens with two attached hydrogens (primary N) is 1. The summed E-state index contributed by atoms with van der Waals surface area (Å²) >= 11 is 0. The molecule has 96 valence electrons. The third-order valence-electron chi connectivity index (χ3n) is 2.75. The topological polar surface area (TPSA) is 62.3 Å². The highest BCUT2D eigenvalue weighted by molar-refractivity contribution is 5.47. The first-order chi connectivity index (χ1) is 8.65. The molecule has 0 saturated heterocycles. The summed E-state index contributed by atoms with van der Waals surface area (Å²) in [6, 6.07) is 5.56. The van der Waals surface area contributed by atoms with Gasteiger partial charge in [-0.15, -0.1) is 0 Å². The molecule has 0 fully saturated rings. The third kappa shape index (κ3) is 2.31. The standard InChI is InChI=1S/C13H17N3O2/c1-9(14)13-7-15-8-16(13)10-4-11(17-2)6-12(5-10)18-3/h4-9H,14H2,1-3H3/t9-/m1/s1. The lowest BCUT2D eigenvalue weighted by Gasteiger charge is -2.13. The van der Waals surface area contributed by atoms with Gasteiger partial charge in [0.05, 0.1) is 38.1 Å². The molecule has 1 aromatic heterocycles. The number of methoxy groups -OCH3 is 2. The molecule has 1 aromatic carbocycles. The zero-order valence-electron chi connectivity index (χ0n) is 10.8. The van der Waals surface area contributed by atoms with E-state index in [2.05, 4.69) is 4.98 Å². The molecule has 1 atom stereocenters. The molecule has 0 radical (unpaired) electrons. The van der Waals surface area contributed by atoms with Crippen LogP contribution in [-0.4, -0.2) is 23.8 Å². The largest absolute Gasteiger partial charge is 0.497 e. The van der Waals surface area contributed by atoms with E-state index in [0.29, 0.717) is 0 Å². The second-order valence-corrected chi connectivity index (χ2v) is 4.05. The van der Waals surface area contributed by atoms with Crippen molar-refractivity contribution in [2.75, 3.05) is 14.2 Å². The minimum Gasteiger partial charge on any atom is -0.497 e. The van der Waals surface area contributed by atoms with Crippen molar-refractivity contribution >= 4 is 0 Å². The molecule has 1 heterocycles. The Hall–Kier alpha value is -2.01. The maximum atomic E-state index is 5.91. The molecule has 0 unspecified atom stereocenters. The fraction of sp³-hybridized carbons (Fsp3) is 0.308. The van der Waals surface area contributed by atoms with Gasteiger partial charge in [0.1, 0.15) is 11.5 Å². The van der Waals surface area contributed by atoms with Crippen molar-refractivity contribution in [2.24, 2.45) is 5.73 Å². The van der Waals surface area contributed by atoms with Gasteiger partial charge in [0.25, 0.3) is 0 Å². The van der Waals surface area contributed by atoms with Crippen molar-refractivity contribution in [3.63, 3.8) is 0 Å². The van der Waals surface area contributed by atoms with Crippen LogP contribution in [0.2, 0.25) is 0 Å². The lowest BCUT2D eigenvalue weighted by molar-refractivity contribution is 0.394. The van der Waals surface area contributed by atoms with E-state index in [0.717, 1.165) is 22.9 Å². The molecular weight excluding hydrogens is 230 g/mol. The number of aromatic nitrogens is 2. The lowest BCUT2D eigenvalue weighted by atomic mass is 10.2. The van der Waals surface area contributed by atoms with Gasteiger partial charge in [0.2, 0.25) is 0 Å². The van der Waals surface area contributed by atoms with Crippen LogP contribution in [0.1, 0.15) is 18.7 Å². The number of rotatable bonds is 4. The van der Waals surface area contributed by atoms with Gasteiger partial charge in [-0.3, -0.25) is 0 Å². The molecular formula is C13H17N3O2. The van der Waals surface area contributed by atoms with E-state index < -0.39 is 0 Å². The monoisotopic (exact) mass is 247 g/mol. The maximum absolute atomic E-state index is 5.91. The Kier molecular flexibility index (Phi) is 3.53. The molecule has 0 amide bonds. The van der Waals surface area contributed by atoms with Crippen molar-refractivity contribution in [1.29, 1.82) is 0 Å². The zero-order chi connectivity index (χ0) is 13.1. The number of nitrogens with zero attached hydrogens (tertiary/aromatic N) is 2. The zero-order valence-corrected chi connectivity index (χ0v) is 10.8. The average molecular weight is 247 g/mol. The smallest absolute Gasteiger partial charge is 0.124 e. The fourth-order valence-electron chi connectivity index (χ4n) is 1.79. The molecule has 0 aliphatic heterocycles. The van der Waals surface area contributed by atoms with Crippen molar-refractivity contribution in [3.05, 3.63) is 36.4 Å². The van der Waals surface area contributed by atoms with E-state index in [4.69, 9.17) is 15.2 Å². The van der Waals surface area contributed by atoms with Gasteiger partial charge < -0.3 is 19.8 Å². The molecule has 0 saturated carbocycles. The van der Waals surface area contributed by atoms with Crippen molar-refractivity contribution in [1.82, 2.24) is 9.55 Å². The van der Waals surface area contributed by atoms with E-state index in [1.807, 2.05) is 29.7 Å². The molecule has 5 nitrogen and oxygen atoms in total. The van der Waals surface area contributed by atoms with Gasteiger partial charge in [-0.25, -0.2) is 4.98 Å². The molecule has 0 spiro atoms. The van der Waals surface area contributed by atoms with Crippen molar-refractivity contribution in [3.8, 4) is 17.2 Å². The van der Waals surface area contributed by atoms with Crippen LogP contribution in [0.25, 0.3) is 5.69 Å². The molecule has 2 rings (SSSR count). The number of imidazole rings is 1. The maximum Gasteiger partial charge on any atom is 0.124 e. The van der Waals surface area contributed by atoms with Crippen LogP contribution in [0.4, 0.5) is 0 Å². The van der Waals surface area contributed by atoms with Crippen LogP contribution < -0.4 is 15.2 Å². The first-order valence-corrected chi connectivity index (χ1v) is 5.67. The molecule has 2 N–H and O–H groups in total. The van der Waals surface area contributed by atoms with Gasteiger partial charge in [-0.1, -0.05) is 0 Å². The Morgan fingerprint density at radius 1 is 1.17 bits per heavy atom. The molecule has 5 heteroatoms. The summed E-state index contributed by atoms with van der Waals surface area (Å²) in [5.41, 5.74) is 7.76. The summed E-state index contributed by atoms with van der Waals surface area (Å²) < 4.78 is 12.4. The summed E-state index contributed by atoms with van der Waals surface area (Å²) in [6.45, 7) is 1.92. The number of hydrogen-bond donors (Lipinski definition) is 1. The normalized spacial score (nSPS) is 12.2. The van der Waals surface area contributed by atoms with Crippen LogP contribution in [-0.2, 0) is 0 Å². The fourth-order valence-corrected chi connectivity index (χ4v) is 1.79. The predicted octanol–water partition coefficient (Wildman–Crippen LogP) is 1.91.